The third-order valence-electron chi connectivity index (χ3n) is 3.59. The van der Waals surface area contributed by atoms with Crippen LogP contribution in [0.2, 0.25) is 0 Å². The van der Waals surface area contributed by atoms with Crippen LogP contribution in [0.4, 0.5) is 0 Å². The van der Waals surface area contributed by atoms with Gasteiger partial charge in [0.2, 0.25) is 0 Å². The number of carbonyl (C=O) groups is 3. The second-order valence-corrected chi connectivity index (χ2v) is 6.97. The van der Waals surface area contributed by atoms with E-state index >= 15 is 0 Å². The van der Waals surface area contributed by atoms with Gasteiger partial charge in [0, 0.05) is 0 Å². The summed E-state index contributed by atoms with van der Waals surface area (Å²) < 4.78 is 21.1. The number of hydrogen-bond acceptors (Lipinski definition) is 8. The van der Waals surface area contributed by atoms with Gasteiger partial charge >= 0.3 is 17.9 Å². The van der Waals surface area contributed by atoms with Gasteiger partial charge in [-0.2, -0.15) is 0 Å². The van der Waals surface area contributed by atoms with Crippen molar-refractivity contribution >= 4 is 17.9 Å². The molecule has 1 unspecified atom stereocenters. The highest BCUT2D eigenvalue weighted by Crippen LogP contribution is 2.25. The Morgan fingerprint density at radius 1 is 0.800 bits per heavy atom. The fraction of sp³-hybridized carbons (Fsp3) is 0.824. The van der Waals surface area contributed by atoms with Crippen molar-refractivity contribution in [2.45, 2.75) is 66.1 Å². The second kappa shape index (κ2) is 9.15. The molecule has 1 rings (SSSR count). The van der Waals surface area contributed by atoms with Gasteiger partial charge < -0.3 is 24.1 Å². The number of ether oxygens (including phenoxy) is 4. The SMILES string of the molecule is CC(C)C(=O)O[C@H]1[C@@H](OC(=O)C(C)C)COC(O)[C@@H]1OC(=O)C(C)C. The zero-order valence-corrected chi connectivity index (χ0v) is 15.6. The van der Waals surface area contributed by atoms with E-state index in [1.165, 1.54) is 0 Å². The van der Waals surface area contributed by atoms with Crippen LogP contribution in [0.1, 0.15) is 41.5 Å². The monoisotopic (exact) mass is 360 g/mol. The first-order valence-corrected chi connectivity index (χ1v) is 8.45. The molecule has 0 aliphatic carbocycles. The first-order chi connectivity index (χ1) is 11.5. The summed E-state index contributed by atoms with van der Waals surface area (Å²) in [4.78, 5) is 35.9. The first kappa shape index (κ1) is 21.4. The van der Waals surface area contributed by atoms with Crippen LogP contribution in [-0.4, -0.2) is 54.2 Å². The number of hydrogen-bond donors (Lipinski definition) is 1. The fourth-order valence-electron chi connectivity index (χ4n) is 1.95. The standard InChI is InChI=1S/C17H28O8/c1-8(2)14(18)23-11-7-22-17(21)13(25-16(20)10(5)6)12(11)24-15(19)9(3)4/h8-13,17,21H,7H2,1-6H3/t11-,12-,13+,17?/m0/s1. The molecule has 4 atom stereocenters. The molecule has 0 saturated carbocycles. The van der Waals surface area contributed by atoms with E-state index in [0.29, 0.717) is 0 Å². The minimum atomic E-state index is -1.48. The summed E-state index contributed by atoms with van der Waals surface area (Å²) in [7, 11) is 0. The Balaban J connectivity index is 3.03. The van der Waals surface area contributed by atoms with Gasteiger partial charge in [0.25, 0.3) is 0 Å². The summed E-state index contributed by atoms with van der Waals surface area (Å²) in [5, 5.41) is 10.1. The lowest BCUT2D eigenvalue weighted by atomic mass is 10.0. The highest BCUT2D eigenvalue weighted by Gasteiger charge is 2.47. The molecular formula is C17H28O8. The summed E-state index contributed by atoms with van der Waals surface area (Å²) in [5.74, 6) is -2.95. The highest BCUT2D eigenvalue weighted by molar-refractivity contribution is 5.73. The van der Waals surface area contributed by atoms with Crippen molar-refractivity contribution in [2.75, 3.05) is 6.61 Å². The van der Waals surface area contributed by atoms with Gasteiger partial charge in [-0.05, 0) is 0 Å². The van der Waals surface area contributed by atoms with Gasteiger partial charge in [-0.3, -0.25) is 14.4 Å². The van der Waals surface area contributed by atoms with E-state index in [2.05, 4.69) is 0 Å². The Bertz CT molecular complexity index is 485. The average Bonchev–Trinajstić information content (AvgIpc) is 2.52. The van der Waals surface area contributed by atoms with Crippen molar-refractivity contribution in [3.63, 3.8) is 0 Å². The molecule has 0 aromatic carbocycles. The Morgan fingerprint density at radius 3 is 1.64 bits per heavy atom. The largest absolute Gasteiger partial charge is 0.456 e. The molecular weight excluding hydrogens is 332 g/mol. The Kier molecular flexibility index (Phi) is 7.82. The third-order valence-corrected chi connectivity index (χ3v) is 3.59. The van der Waals surface area contributed by atoms with Crippen LogP contribution in [0, 0.1) is 17.8 Å². The summed E-state index contributed by atoms with van der Waals surface area (Å²) in [5.41, 5.74) is 0. The van der Waals surface area contributed by atoms with Gasteiger partial charge in [0.05, 0.1) is 24.4 Å². The van der Waals surface area contributed by atoms with Crippen LogP contribution >= 0.6 is 0 Å². The second-order valence-electron chi connectivity index (χ2n) is 6.97. The third kappa shape index (κ3) is 5.97. The van der Waals surface area contributed by atoms with E-state index in [1.807, 2.05) is 0 Å². The Labute approximate surface area is 147 Å². The van der Waals surface area contributed by atoms with Crippen molar-refractivity contribution in [1.29, 1.82) is 0 Å². The first-order valence-electron chi connectivity index (χ1n) is 8.45. The quantitative estimate of drug-likeness (QED) is 0.553. The predicted octanol–water partition coefficient (Wildman–Crippen LogP) is 1.04. The van der Waals surface area contributed by atoms with E-state index in [1.54, 1.807) is 41.5 Å². The zero-order chi connectivity index (χ0) is 19.3. The topological polar surface area (TPSA) is 108 Å². The number of aliphatic hydroxyl groups is 1. The normalized spacial score (nSPS) is 26.6. The number of carbonyl (C=O) groups excluding carboxylic acids is 3. The minimum absolute atomic E-state index is 0.175. The van der Waals surface area contributed by atoms with Crippen molar-refractivity contribution in [3.8, 4) is 0 Å². The van der Waals surface area contributed by atoms with Gasteiger partial charge in [-0.25, -0.2) is 0 Å². The summed E-state index contributed by atoms with van der Waals surface area (Å²) in [6, 6.07) is 0. The molecule has 1 heterocycles. The van der Waals surface area contributed by atoms with Gasteiger partial charge in [0.15, 0.2) is 24.6 Å². The molecule has 0 amide bonds. The minimum Gasteiger partial charge on any atom is -0.456 e. The molecule has 1 fully saturated rings. The maximum atomic E-state index is 12.0. The number of aliphatic hydroxyl groups excluding tert-OH is 1. The molecule has 1 N–H and O–H groups in total. The van der Waals surface area contributed by atoms with Crippen molar-refractivity contribution in [2.24, 2.45) is 17.8 Å². The molecule has 0 bridgehead atoms. The lowest BCUT2D eigenvalue weighted by molar-refractivity contribution is -0.270. The molecule has 0 aromatic rings. The molecule has 144 valence electrons. The number of rotatable bonds is 6. The Morgan fingerprint density at radius 2 is 1.20 bits per heavy atom. The summed E-state index contributed by atoms with van der Waals surface area (Å²) in [6.45, 7) is 9.68. The van der Waals surface area contributed by atoms with E-state index in [9.17, 15) is 19.5 Å². The van der Waals surface area contributed by atoms with Gasteiger partial charge in [-0.1, -0.05) is 41.5 Å². The predicted molar refractivity (Wildman–Crippen MR) is 86.1 cm³/mol. The molecule has 0 radical (unpaired) electrons. The average molecular weight is 360 g/mol. The molecule has 8 nitrogen and oxygen atoms in total. The molecule has 1 aliphatic rings. The van der Waals surface area contributed by atoms with Gasteiger partial charge in [0.1, 0.15) is 0 Å². The van der Waals surface area contributed by atoms with Crippen LogP contribution in [0.3, 0.4) is 0 Å². The Hall–Kier alpha value is -1.67. The lowest BCUT2D eigenvalue weighted by Gasteiger charge is -2.39. The van der Waals surface area contributed by atoms with E-state index in [4.69, 9.17) is 18.9 Å². The van der Waals surface area contributed by atoms with Crippen LogP contribution in [-0.2, 0) is 33.3 Å². The number of esters is 3. The lowest BCUT2D eigenvalue weighted by Crippen LogP contribution is -2.58. The van der Waals surface area contributed by atoms with Crippen molar-refractivity contribution in [3.05, 3.63) is 0 Å². The molecule has 8 heteroatoms. The maximum absolute atomic E-state index is 12.0. The van der Waals surface area contributed by atoms with Crippen LogP contribution in [0.5, 0.6) is 0 Å². The molecule has 0 spiro atoms. The molecule has 0 aromatic heterocycles. The summed E-state index contributed by atoms with van der Waals surface area (Å²) >= 11 is 0. The fourth-order valence-corrected chi connectivity index (χ4v) is 1.95. The van der Waals surface area contributed by atoms with Crippen LogP contribution in [0.25, 0.3) is 0 Å². The smallest absolute Gasteiger partial charge is 0.308 e. The molecule has 1 saturated heterocycles. The summed E-state index contributed by atoms with van der Waals surface area (Å²) in [6.07, 6.45) is -4.90. The van der Waals surface area contributed by atoms with Crippen LogP contribution < -0.4 is 0 Å². The molecule has 25 heavy (non-hydrogen) atoms. The van der Waals surface area contributed by atoms with Gasteiger partial charge in [-0.15, -0.1) is 0 Å². The van der Waals surface area contributed by atoms with Crippen LogP contribution in [0.15, 0.2) is 0 Å². The maximum Gasteiger partial charge on any atom is 0.308 e. The zero-order valence-electron chi connectivity index (χ0n) is 15.6. The highest BCUT2D eigenvalue weighted by atomic mass is 16.7. The van der Waals surface area contributed by atoms with Crippen molar-refractivity contribution in [1.82, 2.24) is 0 Å². The van der Waals surface area contributed by atoms with E-state index in [-0.39, 0.29) is 6.61 Å². The van der Waals surface area contributed by atoms with Crippen molar-refractivity contribution < 1.29 is 38.4 Å². The van der Waals surface area contributed by atoms with E-state index < -0.39 is 60.3 Å². The molecule has 1 aliphatic heterocycles. The van der Waals surface area contributed by atoms with E-state index in [0.717, 1.165) is 0 Å².